The molecule has 0 spiro atoms. The van der Waals surface area contributed by atoms with Crippen LogP contribution < -0.4 is 5.32 Å². The molecular weight excluding hydrogens is 230 g/mol. The largest absolute Gasteiger partial charge is 0.367 e. The molecule has 17 heavy (non-hydrogen) atoms. The third-order valence-corrected chi connectivity index (χ3v) is 4.42. The number of aryl methyl sites for hydroxylation is 2. The van der Waals surface area contributed by atoms with Crippen molar-refractivity contribution in [2.45, 2.75) is 50.8 Å². The SMILES string of the molecule is CCc1cc(NC2CCC(SC)C2)nc(C)n1. The number of aromatic nitrogens is 2. The van der Waals surface area contributed by atoms with E-state index in [1.54, 1.807) is 0 Å². The summed E-state index contributed by atoms with van der Waals surface area (Å²) < 4.78 is 0. The number of rotatable bonds is 4. The van der Waals surface area contributed by atoms with Crippen molar-refractivity contribution in [2.24, 2.45) is 0 Å². The van der Waals surface area contributed by atoms with Crippen molar-refractivity contribution in [3.8, 4) is 0 Å². The Labute approximate surface area is 108 Å². The zero-order valence-corrected chi connectivity index (χ0v) is 11.7. The van der Waals surface area contributed by atoms with Gasteiger partial charge in [0.05, 0.1) is 0 Å². The van der Waals surface area contributed by atoms with Crippen LogP contribution in [0, 0.1) is 6.92 Å². The molecule has 1 fully saturated rings. The Morgan fingerprint density at radius 1 is 1.41 bits per heavy atom. The molecule has 0 aliphatic heterocycles. The fourth-order valence-corrected chi connectivity index (χ4v) is 3.18. The smallest absolute Gasteiger partial charge is 0.130 e. The minimum atomic E-state index is 0.589. The van der Waals surface area contributed by atoms with Gasteiger partial charge >= 0.3 is 0 Å². The Balaban J connectivity index is 2.01. The summed E-state index contributed by atoms with van der Waals surface area (Å²) in [6.07, 6.45) is 7.01. The van der Waals surface area contributed by atoms with E-state index in [9.17, 15) is 0 Å². The van der Waals surface area contributed by atoms with Crippen molar-refractivity contribution < 1.29 is 0 Å². The Morgan fingerprint density at radius 3 is 2.88 bits per heavy atom. The monoisotopic (exact) mass is 251 g/mol. The highest BCUT2D eigenvalue weighted by atomic mass is 32.2. The molecule has 0 saturated heterocycles. The second kappa shape index (κ2) is 5.71. The molecule has 3 nitrogen and oxygen atoms in total. The summed E-state index contributed by atoms with van der Waals surface area (Å²) in [5.41, 5.74) is 1.12. The summed E-state index contributed by atoms with van der Waals surface area (Å²) in [5.74, 6) is 1.87. The van der Waals surface area contributed by atoms with Gasteiger partial charge in [-0.15, -0.1) is 0 Å². The third-order valence-electron chi connectivity index (χ3n) is 3.32. The minimum Gasteiger partial charge on any atom is -0.367 e. The van der Waals surface area contributed by atoms with Gasteiger partial charge in [0.15, 0.2) is 0 Å². The van der Waals surface area contributed by atoms with Gasteiger partial charge < -0.3 is 5.32 Å². The molecule has 2 atom stereocenters. The summed E-state index contributed by atoms with van der Waals surface area (Å²) in [6, 6.07) is 2.67. The number of anilines is 1. The summed E-state index contributed by atoms with van der Waals surface area (Å²) in [4.78, 5) is 8.87. The lowest BCUT2D eigenvalue weighted by molar-refractivity contribution is 0.748. The number of hydrogen-bond acceptors (Lipinski definition) is 4. The normalized spacial score (nSPS) is 23.9. The average molecular weight is 251 g/mol. The zero-order chi connectivity index (χ0) is 12.3. The van der Waals surface area contributed by atoms with Crippen molar-refractivity contribution >= 4 is 17.6 Å². The highest BCUT2D eigenvalue weighted by Gasteiger charge is 2.24. The molecular formula is C13H21N3S. The standard InChI is InChI=1S/C13H21N3S/c1-4-10-8-13(15-9(2)14-10)16-11-5-6-12(7-11)17-3/h8,11-12H,4-7H2,1-3H3,(H,14,15,16). The lowest BCUT2D eigenvalue weighted by Gasteiger charge is -2.14. The van der Waals surface area contributed by atoms with Gasteiger partial charge in [-0.2, -0.15) is 11.8 Å². The van der Waals surface area contributed by atoms with Crippen LogP contribution in [0.25, 0.3) is 0 Å². The van der Waals surface area contributed by atoms with E-state index in [0.29, 0.717) is 6.04 Å². The Bertz CT molecular complexity index is 381. The van der Waals surface area contributed by atoms with Crippen LogP contribution in [0.3, 0.4) is 0 Å². The predicted octanol–water partition coefficient (Wildman–Crippen LogP) is 3.04. The van der Waals surface area contributed by atoms with Crippen LogP contribution in [0.5, 0.6) is 0 Å². The number of thioether (sulfide) groups is 1. The topological polar surface area (TPSA) is 37.8 Å². The van der Waals surface area contributed by atoms with Gasteiger partial charge in [-0.05, 0) is 38.9 Å². The van der Waals surface area contributed by atoms with Crippen molar-refractivity contribution in [1.29, 1.82) is 0 Å². The first-order valence-corrected chi connectivity index (χ1v) is 7.64. The Kier molecular flexibility index (Phi) is 4.26. The predicted molar refractivity (Wildman–Crippen MR) is 74.7 cm³/mol. The van der Waals surface area contributed by atoms with Gasteiger partial charge in [-0.25, -0.2) is 9.97 Å². The molecule has 1 aliphatic rings. The molecule has 1 heterocycles. The van der Waals surface area contributed by atoms with Gasteiger partial charge in [0.1, 0.15) is 11.6 Å². The van der Waals surface area contributed by atoms with E-state index in [1.165, 1.54) is 19.3 Å². The zero-order valence-electron chi connectivity index (χ0n) is 10.9. The first kappa shape index (κ1) is 12.7. The summed E-state index contributed by atoms with van der Waals surface area (Å²) in [7, 11) is 0. The lowest BCUT2D eigenvalue weighted by atomic mass is 10.2. The van der Waals surface area contributed by atoms with Crippen LogP contribution in [0.2, 0.25) is 0 Å². The Hall–Kier alpha value is -0.770. The first-order chi connectivity index (χ1) is 8.21. The van der Waals surface area contributed by atoms with Gasteiger partial charge in [-0.1, -0.05) is 6.92 Å². The average Bonchev–Trinajstić information content (AvgIpc) is 2.76. The molecule has 1 N–H and O–H groups in total. The molecule has 0 bridgehead atoms. The number of nitrogens with zero attached hydrogens (tertiary/aromatic N) is 2. The van der Waals surface area contributed by atoms with Crippen LogP contribution in [-0.2, 0) is 6.42 Å². The molecule has 2 unspecified atom stereocenters. The summed E-state index contributed by atoms with van der Waals surface area (Å²) >= 11 is 1.98. The fourth-order valence-electron chi connectivity index (χ4n) is 2.38. The molecule has 0 radical (unpaired) electrons. The van der Waals surface area contributed by atoms with Crippen molar-refractivity contribution in [3.05, 3.63) is 17.6 Å². The van der Waals surface area contributed by atoms with E-state index >= 15 is 0 Å². The molecule has 1 saturated carbocycles. The van der Waals surface area contributed by atoms with Crippen molar-refractivity contribution in [2.75, 3.05) is 11.6 Å². The highest BCUT2D eigenvalue weighted by molar-refractivity contribution is 7.99. The van der Waals surface area contributed by atoms with Crippen LogP contribution in [0.1, 0.15) is 37.7 Å². The van der Waals surface area contributed by atoms with Gasteiger partial charge in [-0.3, -0.25) is 0 Å². The second-order valence-corrected chi connectivity index (χ2v) is 5.80. The van der Waals surface area contributed by atoms with Crippen molar-refractivity contribution in [1.82, 2.24) is 9.97 Å². The van der Waals surface area contributed by atoms with Gasteiger partial charge in [0, 0.05) is 23.1 Å². The third kappa shape index (κ3) is 3.35. The van der Waals surface area contributed by atoms with Gasteiger partial charge in [0.25, 0.3) is 0 Å². The van der Waals surface area contributed by atoms with Crippen LogP contribution in [0.15, 0.2) is 6.07 Å². The summed E-state index contributed by atoms with van der Waals surface area (Å²) in [5, 5.41) is 4.38. The maximum absolute atomic E-state index is 4.47. The van der Waals surface area contributed by atoms with E-state index in [-0.39, 0.29) is 0 Å². The maximum Gasteiger partial charge on any atom is 0.130 e. The first-order valence-electron chi connectivity index (χ1n) is 6.35. The number of nitrogens with one attached hydrogen (secondary N) is 1. The lowest BCUT2D eigenvalue weighted by Crippen LogP contribution is -2.17. The molecule has 1 aromatic rings. The quantitative estimate of drug-likeness (QED) is 0.892. The number of hydrogen-bond donors (Lipinski definition) is 1. The van der Waals surface area contributed by atoms with E-state index in [1.807, 2.05) is 18.7 Å². The van der Waals surface area contributed by atoms with Crippen LogP contribution >= 0.6 is 11.8 Å². The van der Waals surface area contributed by atoms with E-state index < -0.39 is 0 Å². The van der Waals surface area contributed by atoms with E-state index in [2.05, 4.69) is 34.5 Å². The highest BCUT2D eigenvalue weighted by Crippen LogP contribution is 2.29. The molecule has 4 heteroatoms. The van der Waals surface area contributed by atoms with E-state index in [0.717, 1.165) is 29.0 Å². The van der Waals surface area contributed by atoms with Crippen molar-refractivity contribution in [3.63, 3.8) is 0 Å². The molecule has 2 rings (SSSR count). The second-order valence-electron chi connectivity index (χ2n) is 4.66. The molecule has 0 aromatic carbocycles. The molecule has 0 amide bonds. The van der Waals surface area contributed by atoms with Crippen LogP contribution in [0.4, 0.5) is 5.82 Å². The molecule has 94 valence electrons. The molecule has 1 aromatic heterocycles. The van der Waals surface area contributed by atoms with Crippen LogP contribution in [-0.4, -0.2) is 27.5 Å². The fraction of sp³-hybridized carbons (Fsp3) is 0.692. The minimum absolute atomic E-state index is 0.589. The maximum atomic E-state index is 4.47. The van der Waals surface area contributed by atoms with Gasteiger partial charge in [0.2, 0.25) is 0 Å². The Morgan fingerprint density at radius 2 is 2.24 bits per heavy atom. The summed E-state index contributed by atoms with van der Waals surface area (Å²) in [6.45, 7) is 4.09. The van der Waals surface area contributed by atoms with E-state index in [4.69, 9.17) is 0 Å². The molecule has 1 aliphatic carbocycles.